The number of hydrogen-bond donors (Lipinski definition) is 2. The van der Waals surface area contributed by atoms with E-state index in [1.165, 1.54) is 11.6 Å². The Labute approximate surface area is 207 Å². The van der Waals surface area contributed by atoms with Crippen LogP contribution < -0.4 is 11.1 Å². The van der Waals surface area contributed by atoms with Gasteiger partial charge in [-0.15, -0.1) is 0 Å². The molecule has 3 N–H and O–H groups in total. The van der Waals surface area contributed by atoms with Crippen LogP contribution in [0.25, 0.3) is 22.3 Å². The summed E-state index contributed by atoms with van der Waals surface area (Å²) in [6.45, 7) is 6.43. The van der Waals surface area contributed by atoms with Crippen LogP contribution >= 0.6 is 0 Å². The van der Waals surface area contributed by atoms with Crippen LogP contribution in [0.5, 0.6) is 0 Å². The standard InChI is InChI=1S/C26H28F2N8/c1-14(29)12-35-8-7-21-16(13-35)3-6-23(32-21)33-26-30-11-20(28)24(34-26)17-9-19(27)25-22(10-17)36(15(2)31-25)18-4-5-18/h3,6,9-11,14,18H,4-5,7-8,12-13,29H2,1-2H3,(H,30,32,33,34). The molecule has 3 aromatic heterocycles. The highest BCUT2D eigenvalue weighted by Crippen LogP contribution is 2.40. The average Bonchev–Trinajstić information content (AvgIpc) is 3.61. The van der Waals surface area contributed by atoms with E-state index in [4.69, 9.17) is 10.7 Å². The van der Waals surface area contributed by atoms with Crippen LogP contribution in [0, 0.1) is 18.6 Å². The Hall–Kier alpha value is -3.50. The second kappa shape index (κ2) is 8.86. The van der Waals surface area contributed by atoms with E-state index in [0.29, 0.717) is 28.5 Å². The highest BCUT2D eigenvalue weighted by molar-refractivity contribution is 5.83. The molecular weight excluding hydrogens is 462 g/mol. The second-order valence-corrected chi connectivity index (χ2v) is 9.87. The van der Waals surface area contributed by atoms with E-state index in [-0.39, 0.29) is 17.7 Å². The molecular formula is C26H28F2N8. The van der Waals surface area contributed by atoms with Gasteiger partial charge in [0.05, 0.1) is 11.7 Å². The number of benzene rings is 1. The van der Waals surface area contributed by atoms with Gasteiger partial charge in [0.2, 0.25) is 5.95 Å². The molecule has 4 aromatic rings. The van der Waals surface area contributed by atoms with E-state index < -0.39 is 11.6 Å². The van der Waals surface area contributed by atoms with Gasteiger partial charge in [0.15, 0.2) is 11.6 Å². The molecule has 1 aliphatic carbocycles. The summed E-state index contributed by atoms with van der Waals surface area (Å²) in [6.07, 6.45) is 3.99. The number of anilines is 2. The molecule has 0 radical (unpaired) electrons. The molecule has 10 heteroatoms. The molecule has 1 saturated carbocycles. The first kappa shape index (κ1) is 22.9. The van der Waals surface area contributed by atoms with E-state index in [2.05, 4.69) is 25.2 Å². The number of nitrogens with two attached hydrogens (primary N) is 1. The van der Waals surface area contributed by atoms with Crippen molar-refractivity contribution in [2.45, 2.75) is 51.7 Å². The molecule has 1 aliphatic heterocycles. The summed E-state index contributed by atoms with van der Waals surface area (Å²) >= 11 is 0. The maximum atomic E-state index is 15.0. The Morgan fingerprint density at radius 2 is 1.97 bits per heavy atom. The summed E-state index contributed by atoms with van der Waals surface area (Å²) in [7, 11) is 0. The van der Waals surface area contributed by atoms with Crippen LogP contribution in [0.1, 0.15) is 42.9 Å². The number of aryl methyl sites for hydroxylation is 1. The minimum Gasteiger partial charge on any atom is -0.327 e. The lowest BCUT2D eigenvalue weighted by molar-refractivity contribution is 0.240. The number of aromatic nitrogens is 5. The van der Waals surface area contributed by atoms with Gasteiger partial charge < -0.3 is 15.6 Å². The highest BCUT2D eigenvalue weighted by Gasteiger charge is 2.28. The monoisotopic (exact) mass is 490 g/mol. The molecule has 1 atom stereocenters. The van der Waals surface area contributed by atoms with Gasteiger partial charge >= 0.3 is 0 Å². The van der Waals surface area contributed by atoms with Crippen LogP contribution in [0.3, 0.4) is 0 Å². The minimum atomic E-state index is -0.624. The van der Waals surface area contributed by atoms with Gasteiger partial charge in [0, 0.05) is 49.4 Å². The van der Waals surface area contributed by atoms with Crippen molar-refractivity contribution in [1.29, 1.82) is 0 Å². The van der Waals surface area contributed by atoms with Gasteiger partial charge in [-0.2, -0.15) is 0 Å². The molecule has 8 nitrogen and oxygen atoms in total. The number of imidazole rings is 1. The van der Waals surface area contributed by atoms with E-state index in [9.17, 15) is 8.78 Å². The van der Waals surface area contributed by atoms with Gasteiger partial charge in [0.25, 0.3) is 0 Å². The Morgan fingerprint density at radius 3 is 2.75 bits per heavy atom. The number of nitrogens with one attached hydrogen (secondary N) is 1. The number of nitrogens with zero attached hydrogens (tertiary/aromatic N) is 6. The summed E-state index contributed by atoms with van der Waals surface area (Å²) < 4.78 is 31.8. The third-order valence-electron chi connectivity index (χ3n) is 6.77. The molecule has 1 aromatic carbocycles. The van der Waals surface area contributed by atoms with Crippen molar-refractivity contribution in [2.24, 2.45) is 5.73 Å². The quantitative estimate of drug-likeness (QED) is 0.417. The van der Waals surface area contributed by atoms with Crippen molar-refractivity contribution >= 4 is 22.8 Å². The topological polar surface area (TPSA) is 97.8 Å². The first-order valence-corrected chi connectivity index (χ1v) is 12.3. The van der Waals surface area contributed by atoms with Crippen LogP contribution in [0.2, 0.25) is 0 Å². The van der Waals surface area contributed by atoms with Gasteiger partial charge in [-0.3, -0.25) is 4.90 Å². The number of rotatable bonds is 6. The maximum absolute atomic E-state index is 15.0. The third kappa shape index (κ3) is 4.31. The zero-order valence-electron chi connectivity index (χ0n) is 20.3. The first-order valence-electron chi connectivity index (χ1n) is 12.3. The predicted molar refractivity (Wildman–Crippen MR) is 134 cm³/mol. The normalized spacial score (nSPS) is 16.8. The van der Waals surface area contributed by atoms with Crippen molar-refractivity contribution in [1.82, 2.24) is 29.4 Å². The average molecular weight is 491 g/mol. The van der Waals surface area contributed by atoms with Crippen molar-refractivity contribution in [3.8, 4) is 11.3 Å². The maximum Gasteiger partial charge on any atom is 0.229 e. The third-order valence-corrected chi connectivity index (χ3v) is 6.77. The predicted octanol–water partition coefficient (Wildman–Crippen LogP) is 4.26. The molecule has 0 saturated heterocycles. The van der Waals surface area contributed by atoms with E-state index in [1.54, 1.807) is 6.07 Å². The fraction of sp³-hybridized carbons (Fsp3) is 0.385. The lowest BCUT2D eigenvalue weighted by Gasteiger charge is -2.29. The molecule has 4 heterocycles. The Bertz CT molecular complexity index is 1460. The largest absolute Gasteiger partial charge is 0.327 e. The lowest BCUT2D eigenvalue weighted by atomic mass is 10.1. The highest BCUT2D eigenvalue weighted by atomic mass is 19.1. The molecule has 0 spiro atoms. The van der Waals surface area contributed by atoms with E-state index in [1.807, 2.05) is 30.5 Å². The molecule has 0 bridgehead atoms. The molecule has 1 fully saturated rings. The van der Waals surface area contributed by atoms with Crippen LogP contribution in [0.4, 0.5) is 20.5 Å². The molecule has 2 aliphatic rings. The summed E-state index contributed by atoms with van der Waals surface area (Å²) in [6, 6.07) is 7.38. The SMILES string of the molecule is Cc1nc2c(F)cc(-c3nc(Nc4ccc5c(n4)CCN(CC(C)N)C5)ncc3F)cc2n1C1CC1. The van der Waals surface area contributed by atoms with Gasteiger partial charge in [-0.05, 0) is 50.5 Å². The molecule has 6 rings (SSSR count). The number of fused-ring (bicyclic) bond motifs is 2. The summed E-state index contributed by atoms with van der Waals surface area (Å²) in [5, 5.41) is 3.09. The van der Waals surface area contributed by atoms with Crippen molar-refractivity contribution in [3.63, 3.8) is 0 Å². The van der Waals surface area contributed by atoms with Gasteiger partial charge in [-0.25, -0.2) is 28.7 Å². The zero-order chi connectivity index (χ0) is 25.0. The molecule has 1 unspecified atom stereocenters. The van der Waals surface area contributed by atoms with Crippen molar-refractivity contribution < 1.29 is 8.78 Å². The van der Waals surface area contributed by atoms with Crippen LogP contribution in [-0.4, -0.2) is 48.5 Å². The molecule has 186 valence electrons. The van der Waals surface area contributed by atoms with Gasteiger partial charge in [0.1, 0.15) is 22.9 Å². The fourth-order valence-corrected chi connectivity index (χ4v) is 5.05. The van der Waals surface area contributed by atoms with Crippen molar-refractivity contribution in [3.05, 3.63) is 59.2 Å². The number of halogens is 2. The minimum absolute atomic E-state index is 0.0269. The Balaban J connectivity index is 1.29. The molecule has 0 amide bonds. The summed E-state index contributed by atoms with van der Waals surface area (Å²) in [5.41, 5.74) is 9.46. The lowest BCUT2D eigenvalue weighted by Crippen LogP contribution is -2.39. The Morgan fingerprint density at radius 1 is 1.14 bits per heavy atom. The number of hydrogen-bond acceptors (Lipinski definition) is 7. The smallest absolute Gasteiger partial charge is 0.229 e. The zero-order valence-corrected chi connectivity index (χ0v) is 20.3. The fourth-order valence-electron chi connectivity index (χ4n) is 5.05. The van der Waals surface area contributed by atoms with Crippen molar-refractivity contribution in [2.75, 3.05) is 18.4 Å². The van der Waals surface area contributed by atoms with E-state index in [0.717, 1.165) is 56.6 Å². The second-order valence-electron chi connectivity index (χ2n) is 9.87. The molecule has 36 heavy (non-hydrogen) atoms. The van der Waals surface area contributed by atoms with Gasteiger partial charge in [-0.1, -0.05) is 6.07 Å². The Kier molecular flexibility index (Phi) is 5.65. The van der Waals surface area contributed by atoms with E-state index >= 15 is 0 Å². The van der Waals surface area contributed by atoms with Crippen LogP contribution in [-0.2, 0) is 13.0 Å². The summed E-state index contributed by atoms with van der Waals surface area (Å²) in [4.78, 5) is 19.9. The van der Waals surface area contributed by atoms with Crippen LogP contribution in [0.15, 0.2) is 30.5 Å². The number of pyridine rings is 1. The summed E-state index contributed by atoms with van der Waals surface area (Å²) in [5.74, 6) is 0.415. The first-order chi connectivity index (χ1) is 17.4.